The molecule has 0 aliphatic carbocycles. The van der Waals surface area contributed by atoms with Gasteiger partial charge in [-0.2, -0.15) is 0 Å². The second kappa shape index (κ2) is 11.0. The molecule has 0 atom stereocenters. The summed E-state index contributed by atoms with van der Waals surface area (Å²) in [4.78, 5) is 11.6. The highest BCUT2D eigenvalue weighted by Crippen LogP contribution is 2.35. The first-order chi connectivity index (χ1) is 12.0. The van der Waals surface area contributed by atoms with Crippen molar-refractivity contribution >= 4 is 23.1 Å². The molecule has 1 aromatic carbocycles. The smallest absolute Gasteiger partial charge is 0.207 e. The van der Waals surface area contributed by atoms with Crippen LogP contribution in [0.4, 0.5) is 0 Å². The van der Waals surface area contributed by atoms with Crippen molar-refractivity contribution in [2.24, 2.45) is 0 Å². The third-order valence-corrected chi connectivity index (χ3v) is 4.64. The highest BCUT2D eigenvalue weighted by Gasteiger charge is 2.13. The fourth-order valence-corrected chi connectivity index (χ4v) is 3.36. The van der Waals surface area contributed by atoms with Gasteiger partial charge in [-0.3, -0.25) is 4.79 Å². The maximum Gasteiger partial charge on any atom is 0.207 e. The number of amides is 1. The minimum atomic E-state index is -0.0400. The molecule has 0 saturated heterocycles. The Labute approximate surface area is 155 Å². The normalized spacial score (nSPS) is 11.5. The number of allylic oxidation sites excluding steroid dienone is 1. The van der Waals surface area contributed by atoms with Gasteiger partial charge >= 0.3 is 0 Å². The summed E-state index contributed by atoms with van der Waals surface area (Å²) in [7, 11) is 0. The van der Waals surface area contributed by atoms with E-state index in [2.05, 4.69) is 24.9 Å². The van der Waals surface area contributed by atoms with Gasteiger partial charge in [-0.25, -0.2) is 0 Å². The van der Waals surface area contributed by atoms with E-state index in [1.54, 1.807) is 0 Å². The Kier molecular flexibility index (Phi) is 9.39. The number of carbonyl (C=O) groups is 1. The summed E-state index contributed by atoms with van der Waals surface area (Å²) in [6, 6.07) is 4.07. The van der Waals surface area contributed by atoms with Gasteiger partial charge in [0.1, 0.15) is 0 Å². The third kappa shape index (κ3) is 6.59. The summed E-state index contributed by atoms with van der Waals surface area (Å²) in [5.74, 6) is 0. The largest absolute Gasteiger partial charge is 0.485 e. The van der Waals surface area contributed by atoms with E-state index < -0.39 is 0 Å². The van der Waals surface area contributed by atoms with Gasteiger partial charge in [-0.15, -0.1) is 0 Å². The van der Waals surface area contributed by atoms with Crippen molar-refractivity contribution in [1.82, 2.24) is 5.32 Å². The van der Waals surface area contributed by atoms with Crippen molar-refractivity contribution in [3.8, 4) is 0 Å². The van der Waals surface area contributed by atoms with Gasteiger partial charge in [-0.1, -0.05) is 37.8 Å². The SMILES string of the molecule is C=C(S/C(=C\C)OC(C)C)c1cc(CCC)c(CO)c(CNC=O)c1. The van der Waals surface area contributed by atoms with Gasteiger partial charge in [0.05, 0.1) is 12.7 Å². The molecule has 25 heavy (non-hydrogen) atoms. The number of hydrogen-bond acceptors (Lipinski definition) is 4. The molecule has 0 aliphatic rings. The van der Waals surface area contributed by atoms with Crippen LogP contribution in [0, 0.1) is 0 Å². The summed E-state index contributed by atoms with van der Waals surface area (Å²) in [6.45, 7) is 12.6. The number of benzene rings is 1. The molecule has 4 nitrogen and oxygen atoms in total. The molecule has 0 bridgehead atoms. The lowest BCUT2D eigenvalue weighted by molar-refractivity contribution is -0.109. The lowest BCUT2D eigenvalue weighted by atomic mass is 9.95. The van der Waals surface area contributed by atoms with Crippen LogP contribution in [0.15, 0.2) is 29.9 Å². The van der Waals surface area contributed by atoms with E-state index in [0.29, 0.717) is 13.0 Å². The van der Waals surface area contributed by atoms with Crippen molar-refractivity contribution in [3.05, 3.63) is 52.1 Å². The fourth-order valence-electron chi connectivity index (χ4n) is 2.53. The zero-order valence-electron chi connectivity index (χ0n) is 15.6. The minimum Gasteiger partial charge on any atom is -0.485 e. The van der Waals surface area contributed by atoms with Crippen molar-refractivity contribution in [2.45, 2.75) is 59.8 Å². The minimum absolute atomic E-state index is 0.0400. The molecule has 1 aromatic rings. The average molecular weight is 364 g/mol. The maximum absolute atomic E-state index is 10.7. The summed E-state index contributed by atoms with van der Waals surface area (Å²) in [5, 5.41) is 13.3. The van der Waals surface area contributed by atoms with E-state index in [9.17, 15) is 9.90 Å². The van der Waals surface area contributed by atoms with Gasteiger partial charge in [0.15, 0.2) is 5.09 Å². The molecule has 0 fully saturated rings. The van der Waals surface area contributed by atoms with Crippen LogP contribution in [0.1, 0.15) is 56.4 Å². The summed E-state index contributed by atoms with van der Waals surface area (Å²) < 4.78 is 5.77. The number of aryl methyl sites for hydroxylation is 1. The molecule has 1 rings (SSSR count). The van der Waals surface area contributed by atoms with Crippen LogP contribution in [0.3, 0.4) is 0 Å². The number of aliphatic hydroxyl groups is 1. The molecule has 0 heterocycles. The van der Waals surface area contributed by atoms with Crippen LogP contribution in [-0.2, 0) is 29.1 Å². The van der Waals surface area contributed by atoms with E-state index >= 15 is 0 Å². The van der Waals surface area contributed by atoms with Crippen LogP contribution in [0.5, 0.6) is 0 Å². The summed E-state index contributed by atoms with van der Waals surface area (Å²) in [6.07, 6.45) is 4.55. The Morgan fingerprint density at radius 2 is 2.08 bits per heavy atom. The number of aliphatic hydroxyl groups excluding tert-OH is 1. The highest BCUT2D eigenvalue weighted by molar-refractivity contribution is 8.11. The number of thioether (sulfide) groups is 1. The van der Waals surface area contributed by atoms with Crippen LogP contribution in [-0.4, -0.2) is 17.6 Å². The lowest BCUT2D eigenvalue weighted by Crippen LogP contribution is -2.13. The lowest BCUT2D eigenvalue weighted by Gasteiger charge is -2.18. The maximum atomic E-state index is 10.7. The number of ether oxygens (including phenoxy) is 1. The molecular weight excluding hydrogens is 334 g/mol. The molecule has 0 spiro atoms. The van der Waals surface area contributed by atoms with Crippen molar-refractivity contribution in [2.75, 3.05) is 0 Å². The number of hydrogen-bond donors (Lipinski definition) is 2. The number of nitrogens with one attached hydrogen (secondary N) is 1. The molecule has 1 amide bonds. The van der Waals surface area contributed by atoms with Gasteiger partial charge in [0, 0.05) is 11.4 Å². The zero-order chi connectivity index (χ0) is 18.8. The van der Waals surface area contributed by atoms with Gasteiger partial charge in [0.25, 0.3) is 0 Å². The van der Waals surface area contributed by atoms with Crippen LogP contribution in [0.25, 0.3) is 4.91 Å². The molecule has 0 unspecified atom stereocenters. The average Bonchev–Trinajstić information content (AvgIpc) is 2.58. The molecule has 138 valence electrons. The molecule has 0 radical (unpaired) electrons. The van der Waals surface area contributed by atoms with Crippen LogP contribution in [0.2, 0.25) is 0 Å². The molecule has 0 saturated carbocycles. The van der Waals surface area contributed by atoms with Gasteiger partial charge in [0.2, 0.25) is 6.41 Å². The Morgan fingerprint density at radius 1 is 1.40 bits per heavy atom. The first-order valence-corrected chi connectivity index (χ1v) is 9.41. The van der Waals surface area contributed by atoms with Crippen molar-refractivity contribution in [1.29, 1.82) is 0 Å². The second-order valence-electron chi connectivity index (χ2n) is 5.98. The second-order valence-corrected chi connectivity index (χ2v) is 7.08. The molecule has 0 aliphatic heterocycles. The first kappa shape index (κ1) is 21.3. The Balaban J connectivity index is 3.17. The van der Waals surface area contributed by atoms with E-state index in [0.717, 1.165) is 45.1 Å². The van der Waals surface area contributed by atoms with Crippen LogP contribution >= 0.6 is 11.8 Å². The third-order valence-electron chi connectivity index (χ3n) is 3.62. The van der Waals surface area contributed by atoms with Crippen molar-refractivity contribution in [3.63, 3.8) is 0 Å². The topological polar surface area (TPSA) is 58.6 Å². The zero-order valence-corrected chi connectivity index (χ0v) is 16.4. The summed E-state index contributed by atoms with van der Waals surface area (Å²) >= 11 is 1.49. The van der Waals surface area contributed by atoms with E-state index in [4.69, 9.17) is 4.74 Å². The number of carbonyl (C=O) groups excluding carboxylic acids is 1. The van der Waals surface area contributed by atoms with E-state index in [-0.39, 0.29) is 12.7 Å². The Hall–Kier alpha value is -1.72. The predicted molar refractivity (Wildman–Crippen MR) is 106 cm³/mol. The van der Waals surface area contributed by atoms with E-state index in [1.165, 1.54) is 11.8 Å². The summed E-state index contributed by atoms with van der Waals surface area (Å²) in [5.41, 5.74) is 3.89. The monoisotopic (exact) mass is 363 g/mol. The Morgan fingerprint density at radius 3 is 2.60 bits per heavy atom. The van der Waals surface area contributed by atoms with Gasteiger partial charge < -0.3 is 15.2 Å². The molecule has 5 heteroatoms. The van der Waals surface area contributed by atoms with Gasteiger partial charge in [-0.05, 0) is 61.6 Å². The highest BCUT2D eigenvalue weighted by atomic mass is 32.2. The van der Waals surface area contributed by atoms with E-state index in [1.807, 2.05) is 32.9 Å². The Bertz CT molecular complexity index is 624. The first-order valence-electron chi connectivity index (χ1n) is 8.59. The standard InChI is InChI=1S/C20H29NO3S/c1-6-8-16-9-17(10-18(11-21-13-23)19(16)12-22)15(5)25-20(7-2)24-14(3)4/h7,9-10,13-14,22H,5-6,8,11-12H2,1-4H3,(H,21,23)/b20-7-. The fraction of sp³-hybridized carbons (Fsp3) is 0.450. The molecule has 0 aromatic heterocycles. The number of rotatable bonds is 11. The van der Waals surface area contributed by atoms with Crippen LogP contribution < -0.4 is 5.32 Å². The molecular formula is C20H29NO3S. The molecule has 2 N–H and O–H groups in total. The van der Waals surface area contributed by atoms with Crippen molar-refractivity contribution < 1.29 is 14.6 Å². The quantitative estimate of drug-likeness (QED) is 0.453. The predicted octanol–water partition coefficient (Wildman–Crippen LogP) is 4.37.